The number of rotatable bonds is 4. The molecule has 71 heavy (non-hydrogen) atoms. The highest BCUT2D eigenvalue weighted by Crippen LogP contribution is 2.52. The van der Waals surface area contributed by atoms with Gasteiger partial charge in [0, 0.05) is 27.3 Å². The van der Waals surface area contributed by atoms with Crippen LogP contribution in [0.2, 0.25) is 0 Å². The molecule has 0 saturated carbocycles. The number of para-hydroxylation sites is 2. The SMILES string of the molecule is CC1(C)c2ccccc2-c2ccc(-c3ccc4c(c3)c3cc(-c5ccc6c(c5)C(C)(C)c5ccccc5-6)ccc3c3cc5c(-c6ccc(-n7c8ccccc8c8ccccc87)cc6)cccc5cc43)cc21. The average molecular weight is 904 g/mol. The Morgan fingerprint density at radius 2 is 0.676 bits per heavy atom. The lowest BCUT2D eigenvalue weighted by atomic mass is 9.81. The summed E-state index contributed by atoms with van der Waals surface area (Å²) >= 11 is 0. The predicted octanol–water partition coefficient (Wildman–Crippen LogP) is 19.0. The first-order chi connectivity index (χ1) is 34.7. The Morgan fingerprint density at radius 3 is 1.24 bits per heavy atom. The highest BCUT2D eigenvalue weighted by molar-refractivity contribution is 6.28. The van der Waals surface area contributed by atoms with E-state index in [1.807, 2.05) is 0 Å². The van der Waals surface area contributed by atoms with E-state index in [-0.39, 0.29) is 10.8 Å². The molecule has 0 spiro atoms. The van der Waals surface area contributed by atoms with Crippen LogP contribution in [0, 0.1) is 0 Å². The van der Waals surface area contributed by atoms with Crippen LogP contribution in [0.1, 0.15) is 49.9 Å². The smallest absolute Gasteiger partial charge is 0.0541 e. The number of hydrogen-bond acceptors (Lipinski definition) is 0. The molecule has 13 aromatic rings. The highest BCUT2D eigenvalue weighted by Gasteiger charge is 2.36. The summed E-state index contributed by atoms with van der Waals surface area (Å²) < 4.78 is 2.40. The molecule has 0 radical (unpaired) electrons. The number of fused-ring (bicyclic) bond motifs is 16. The molecule has 0 N–H and O–H groups in total. The Morgan fingerprint density at radius 1 is 0.254 bits per heavy atom. The summed E-state index contributed by atoms with van der Waals surface area (Å²) in [6, 6.07) is 85.0. The Kier molecular flexibility index (Phi) is 8.25. The van der Waals surface area contributed by atoms with E-state index in [0.717, 1.165) is 5.69 Å². The topological polar surface area (TPSA) is 4.93 Å². The zero-order chi connectivity index (χ0) is 47.3. The maximum Gasteiger partial charge on any atom is 0.0541 e. The molecular weight excluding hydrogens is 855 g/mol. The van der Waals surface area contributed by atoms with Crippen molar-refractivity contribution in [2.24, 2.45) is 0 Å². The van der Waals surface area contributed by atoms with Crippen LogP contribution in [0.15, 0.2) is 224 Å². The number of nitrogens with zero attached hydrogens (tertiary/aromatic N) is 1. The molecule has 2 aliphatic carbocycles. The second-order valence-electron chi connectivity index (χ2n) is 21.2. The Labute approximate surface area is 413 Å². The van der Waals surface area contributed by atoms with Crippen molar-refractivity contribution in [2.45, 2.75) is 38.5 Å². The van der Waals surface area contributed by atoms with Gasteiger partial charge in [0.2, 0.25) is 0 Å². The van der Waals surface area contributed by atoms with E-state index in [1.165, 1.54) is 143 Å². The summed E-state index contributed by atoms with van der Waals surface area (Å²) in [6.45, 7) is 9.50. The minimum absolute atomic E-state index is 0.0727. The van der Waals surface area contributed by atoms with Crippen molar-refractivity contribution in [3.8, 4) is 61.3 Å². The minimum atomic E-state index is -0.0769. The maximum atomic E-state index is 2.48. The van der Waals surface area contributed by atoms with Gasteiger partial charge in [-0.15, -0.1) is 0 Å². The Bertz CT molecular complexity index is 4390. The summed E-state index contributed by atoms with van der Waals surface area (Å²) in [5.74, 6) is 0. The molecular formula is C70H49N. The molecule has 334 valence electrons. The van der Waals surface area contributed by atoms with E-state index < -0.39 is 0 Å². The lowest BCUT2D eigenvalue weighted by Crippen LogP contribution is -2.14. The second kappa shape index (κ2) is 14.5. The molecule has 1 nitrogen and oxygen atoms in total. The van der Waals surface area contributed by atoms with Crippen molar-refractivity contribution in [1.29, 1.82) is 0 Å². The molecule has 0 bridgehead atoms. The number of benzene rings is 12. The first-order valence-corrected chi connectivity index (χ1v) is 25.2. The quantitative estimate of drug-likeness (QED) is 0.122. The van der Waals surface area contributed by atoms with E-state index >= 15 is 0 Å². The van der Waals surface area contributed by atoms with E-state index in [9.17, 15) is 0 Å². The van der Waals surface area contributed by atoms with Crippen molar-refractivity contribution >= 4 is 64.9 Å². The van der Waals surface area contributed by atoms with Gasteiger partial charge in [-0.25, -0.2) is 0 Å². The molecule has 2 aliphatic rings. The first kappa shape index (κ1) is 40.4. The fraction of sp³-hybridized carbons (Fsp3) is 0.0857. The van der Waals surface area contributed by atoms with Gasteiger partial charge in [-0.05, 0) is 182 Å². The number of aromatic nitrogens is 1. The lowest BCUT2D eigenvalue weighted by Gasteiger charge is -2.22. The third kappa shape index (κ3) is 5.69. The summed E-state index contributed by atoms with van der Waals surface area (Å²) in [6.07, 6.45) is 0. The molecule has 15 rings (SSSR count). The first-order valence-electron chi connectivity index (χ1n) is 25.2. The molecule has 12 aromatic carbocycles. The fourth-order valence-electron chi connectivity index (χ4n) is 13.1. The molecule has 0 aliphatic heterocycles. The van der Waals surface area contributed by atoms with Crippen molar-refractivity contribution < 1.29 is 0 Å². The van der Waals surface area contributed by atoms with Gasteiger partial charge >= 0.3 is 0 Å². The molecule has 0 amide bonds. The van der Waals surface area contributed by atoms with Crippen molar-refractivity contribution in [1.82, 2.24) is 4.57 Å². The highest BCUT2D eigenvalue weighted by atomic mass is 15.0. The van der Waals surface area contributed by atoms with Gasteiger partial charge in [-0.3, -0.25) is 0 Å². The second-order valence-corrected chi connectivity index (χ2v) is 21.2. The van der Waals surface area contributed by atoms with Gasteiger partial charge in [-0.2, -0.15) is 0 Å². The molecule has 0 fully saturated rings. The fourth-order valence-corrected chi connectivity index (χ4v) is 13.1. The van der Waals surface area contributed by atoms with Gasteiger partial charge in [0.25, 0.3) is 0 Å². The van der Waals surface area contributed by atoms with Gasteiger partial charge in [0.1, 0.15) is 0 Å². The summed E-state index contributed by atoms with van der Waals surface area (Å²) in [5, 5.41) is 12.7. The van der Waals surface area contributed by atoms with Crippen LogP contribution >= 0.6 is 0 Å². The summed E-state index contributed by atoms with van der Waals surface area (Å²) in [7, 11) is 0. The van der Waals surface area contributed by atoms with Crippen molar-refractivity contribution in [2.75, 3.05) is 0 Å². The van der Waals surface area contributed by atoms with Crippen LogP contribution in [-0.4, -0.2) is 4.57 Å². The van der Waals surface area contributed by atoms with Gasteiger partial charge in [0.05, 0.1) is 11.0 Å². The van der Waals surface area contributed by atoms with Crippen molar-refractivity contribution in [3.05, 3.63) is 247 Å². The van der Waals surface area contributed by atoms with Crippen LogP contribution in [0.3, 0.4) is 0 Å². The van der Waals surface area contributed by atoms with Crippen LogP contribution in [0.4, 0.5) is 0 Å². The van der Waals surface area contributed by atoms with Crippen LogP contribution in [0.5, 0.6) is 0 Å². The van der Waals surface area contributed by atoms with E-state index in [0.29, 0.717) is 0 Å². The molecule has 1 aromatic heterocycles. The standard InChI is InChI=1S/C70H49N/c1-69(2)63-20-9-5-15-52(63)54-34-28-45(39-65(54)69)43-26-32-50-59(36-43)60-37-44(46-29-35-55-53-16-6-10-21-64(53)70(3,4)66(55)40-46)27-33-51(60)62-41-58-47(38-61(50)62)14-13-19-49(58)42-24-30-48(31-25-42)71-67-22-11-7-17-56(67)57-18-8-12-23-68(57)71/h5-41H,1-4H3. The predicted molar refractivity (Wildman–Crippen MR) is 302 cm³/mol. The Balaban J connectivity index is 0.918. The summed E-state index contributed by atoms with van der Waals surface area (Å²) in [4.78, 5) is 0. The molecule has 0 atom stereocenters. The van der Waals surface area contributed by atoms with Gasteiger partial charge < -0.3 is 4.57 Å². The molecule has 1 heterocycles. The lowest BCUT2D eigenvalue weighted by molar-refractivity contribution is 0.660. The molecule has 0 unspecified atom stereocenters. The van der Waals surface area contributed by atoms with Crippen LogP contribution < -0.4 is 0 Å². The average Bonchev–Trinajstić information content (AvgIpc) is 3.96. The van der Waals surface area contributed by atoms with E-state index in [4.69, 9.17) is 0 Å². The monoisotopic (exact) mass is 903 g/mol. The molecule has 0 saturated heterocycles. The normalized spacial score (nSPS) is 14.1. The molecule has 1 heteroatoms. The van der Waals surface area contributed by atoms with Gasteiger partial charge in [-0.1, -0.05) is 191 Å². The zero-order valence-corrected chi connectivity index (χ0v) is 40.3. The Hall–Kier alpha value is -8.52. The van der Waals surface area contributed by atoms with Gasteiger partial charge in [0.15, 0.2) is 0 Å². The minimum Gasteiger partial charge on any atom is -0.309 e. The van der Waals surface area contributed by atoms with Crippen LogP contribution in [0.25, 0.3) is 126 Å². The van der Waals surface area contributed by atoms with Crippen molar-refractivity contribution in [3.63, 3.8) is 0 Å². The zero-order valence-electron chi connectivity index (χ0n) is 40.3. The largest absolute Gasteiger partial charge is 0.309 e. The van der Waals surface area contributed by atoms with E-state index in [1.54, 1.807) is 0 Å². The van der Waals surface area contributed by atoms with Crippen LogP contribution in [-0.2, 0) is 10.8 Å². The summed E-state index contributed by atoms with van der Waals surface area (Å²) in [5.41, 5.74) is 21.9. The third-order valence-electron chi connectivity index (χ3n) is 16.8. The number of hydrogen-bond donors (Lipinski definition) is 0. The van der Waals surface area contributed by atoms with E-state index in [2.05, 4.69) is 257 Å². The third-order valence-corrected chi connectivity index (χ3v) is 16.8. The maximum absolute atomic E-state index is 2.48.